The van der Waals surface area contributed by atoms with Crippen molar-refractivity contribution in [2.24, 2.45) is 5.92 Å². The van der Waals surface area contributed by atoms with Gasteiger partial charge in [0.15, 0.2) is 5.69 Å². The molecule has 0 spiro atoms. The summed E-state index contributed by atoms with van der Waals surface area (Å²) < 4.78 is 0. The van der Waals surface area contributed by atoms with Gasteiger partial charge in [-0.1, -0.05) is 13.8 Å². The number of hydrogen-bond donors (Lipinski definition) is 1. The van der Waals surface area contributed by atoms with Crippen LogP contribution >= 0.6 is 0 Å². The van der Waals surface area contributed by atoms with E-state index < -0.39 is 0 Å². The zero-order valence-corrected chi connectivity index (χ0v) is 14.1. The molecule has 1 amide bonds. The monoisotopic (exact) mass is 304 g/mol. The fourth-order valence-corrected chi connectivity index (χ4v) is 4.04. The standard InChI is InChI=1S/C17H28N4O/c1-4-8-20-9-13-6-7-14(20)11-21(10-13)17(22)16-12(3)15(5-2)18-19-16/h13-14H,4-11H2,1-3H3,(H,18,19)/t13-,14-/m0/s1. The summed E-state index contributed by atoms with van der Waals surface area (Å²) >= 11 is 0. The second kappa shape index (κ2) is 6.41. The van der Waals surface area contributed by atoms with Crippen LogP contribution in [0.1, 0.15) is 54.9 Å². The van der Waals surface area contributed by atoms with Crippen LogP contribution in [0.5, 0.6) is 0 Å². The molecule has 3 aliphatic heterocycles. The van der Waals surface area contributed by atoms with Gasteiger partial charge in [0.2, 0.25) is 0 Å². The van der Waals surface area contributed by atoms with E-state index in [0.717, 1.165) is 43.9 Å². The maximum absolute atomic E-state index is 12.9. The number of aromatic nitrogens is 2. The number of amides is 1. The third kappa shape index (κ3) is 2.78. The number of rotatable bonds is 4. The van der Waals surface area contributed by atoms with Gasteiger partial charge in [-0.15, -0.1) is 0 Å². The van der Waals surface area contributed by atoms with E-state index in [1.54, 1.807) is 0 Å². The Hall–Kier alpha value is -1.36. The van der Waals surface area contributed by atoms with Crippen LogP contribution < -0.4 is 0 Å². The van der Waals surface area contributed by atoms with Crippen LogP contribution in [-0.4, -0.2) is 58.1 Å². The first-order valence-electron chi connectivity index (χ1n) is 8.71. The van der Waals surface area contributed by atoms with Crippen LogP contribution in [0.2, 0.25) is 0 Å². The molecular formula is C17H28N4O. The van der Waals surface area contributed by atoms with Gasteiger partial charge in [0, 0.05) is 36.9 Å². The average molecular weight is 304 g/mol. The van der Waals surface area contributed by atoms with Crippen molar-refractivity contribution >= 4 is 5.91 Å². The first-order chi connectivity index (χ1) is 10.6. The fraction of sp³-hybridized carbons (Fsp3) is 0.765. The molecule has 4 rings (SSSR count). The first kappa shape index (κ1) is 15.5. The van der Waals surface area contributed by atoms with Crippen LogP contribution in [0, 0.1) is 12.8 Å². The molecule has 5 heteroatoms. The summed E-state index contributed by atoms with van der Waals surface area (Å²) in [7, 11) is 0. The minimum Gasteiger partial charge on any atom is -0.335 e. The normalized spacial score (nSPS) is 25.5. The van der Waals surface area contributed by atoms with Gasteiger partial charge in [0.1, 0.15) is 0 Å². The summed E-state index contributed by atoms with van der Waals surface area (Å²) in [5.74, 6) is 0.739. The van der Waals surface area contributed by atoms with Crippen LogP contribution in [0.3, 0.4) is 0 Å². The number of fused-ring (bicyclic) bond motifs is 4. The highest BCUT2D eigenvalue weighted by Crippen LogP contribution is 2.29. The molecule has 0 radical (unpaired) electrons. The average Bonchev–Trinajstić information content (AvgIpc) is 2.69. The molecule has 0 unspecified atom stereocenters. The number of aromatic amines is 1. The summed E-state index contributed by atoms with van der Waals surface area (Å²) in [5, 5.41) is 7.31. The van der Waals surface area contributed by atoms with Crippen LogP contribution in [0.4, 0.5) is 0 Å². The lowest BCUT2D eigenvalue weighted by Crippen LogP contribution is -2.44. The minimum atomic E-state index is 0.115. The van der Waals surface area contributed by atoms with E-state index in [-0.39, 0.29) is 5.91 Å². The lowest BCUT2D eigenvalue weighted by atomic mass is 9.95. The minimum absolute atomic E-state index is 0.115. The molecule has 0 aromatic carbocycles. The van der Waals surface area contributed by atoms with E-state index in [2.05, 4.69) is 33.8 Å². The predicted octanol–water partition coefficient (Wildman–Crippen LogP) is 2.23. The van der Waals surface area contributed by atoms with Gasteiger partial charge >= 0.3 is 0 Å². The predicted molar refractivity (Wildman–Crippen MR) is 87.0 cm³/mol. The second-order valence-electron chi connectivity index (χ2n) is 6.83. The lowest BCUT2D eigenvalue weighted by Gasteiger charge is -2.35. The van der Waals surface area contributed by atoms with Crippen molar-refractivity contribution in [3.05, 3.63) is 17.0 Å². The Bertz CT molecular complexity index is 539. The quantitative estimate of drug-likeness (QED) is 0.928. The van der Waals surface area contributed by atoms with Crippen molar-refractivity contribution in [2.75, 3.05) is 26.2 Å². The van der Waals surface area contributed by atoms with Gasteiger partial charge in [0.25, 0.3) is 5.91 Å². The highest BCUT2D eigenvalue weighted by Gasteiger charge is 2.37. The van der Waals surface area contributed by atoms with E-state index >= 15 is 0 Å². The Labute approximate surface area is 133 Å². The Balaban J connectivity index is 1.77. The Kier molecular flexibility index (Phi) is 4.52. The van der Waals surface area contributed by atoms with Crippen molar-refractivity contribution < 1.29 is 4.79 Å². The maximum atomic E-state index is 12.9. The van der Waals surface area contributed by atoms with Crippen molar-refractivity contribution in [3.8, 4) is 0 Å². The number of hydrogen-bond acceptors (Lipinski definition) is 3. The number of piperidine rings is 1. The third-order valence-corrected chi connectivity index (χ3v) is 5.29. The van der Waals surface area contributed by atoms with E-state index in [9.17, 15) is 4.79 Å². The summed E-state index contributed by atoms with van der Waals surface area (Å²) in [6, 6.07) is 0.535. The number of H-pyrrole nitrogens is 1. The van der Waals surface area contributed by atoms with Gasteiger partial charge in [-0.2, -0.15) is 5.10 Å². The molecule has 0 saturated carbocycles. The van der Waals surface area contributed by atoms with Crippen LogP contribution in [0.15, 0.2) is 0 Å². The van der Waals surface area contributed by atoms with Gasteiger partial charge in [-0.25, -0.2) is 0 Å². The molecule has 22 heavy (non-hydrogen) atoms. The fourth-order valence-electron chi connectivity index (χ4n) is 4.04. The van der Waals surface area contributed by atoms with Gasteiger partial charge in [-0.3, -0.25) is 14.8 Å². The molecule has 3 fully saturated rings. The maximum Gasteiger partial charge on any atom is 0.274 e. The lowest BCUT2D eigenvalue weighted by molar-refractivity contribution is 0.0731. The number of nitrogens with one attached hydrogen (secondary N) is 1. The molecule has 3 aliphatic rings. The number of carbonyl (C=O) groups excluding carboxylic acids is 1. The van der Waals surface area contributed by atoms with Gasteiger partial charge in [-0.05, 0) is 45.1 Å². The summed E-state index contributed by atoms with van der Waals surface area (Å²) in [5.41, 5.74) is 2.73. The molecule has 1 aromatic heterocycles. The molecule has 3 saturated heterocycles. The molecule has 1 aromatic rings. The van der Waals surface area contributed by atoms with Crippen molar-refractivity contribution in [1.29, 1.82) is 0 Å². The summed E-state index contributed by atoms with van der Waals surface area (Å²) in [4.78, 5) is 17.6. The molecule has 2 bridgehead atoms. The molecule has 122 valence electrons. The SMILES string of the molecule is CCCN1C[C@@H]2CC[C@H]1CN(C(=O)c1n[nH]c(CC)c1C)C2. The number of nitrogens with zero attached hydrogens (tertiary/aromatic N) is 3. The largest absolute Gasteiger partial charge is 0.335 e. The molecule has 4 heterocycles. The number of aryl methyl sites for hydroxylation is 1. The Morgan fingerprint density at radius 1 is 1.27 bits per heavy atom. The summed E-state index contributed by atoms with van der Waals surface area (Å²) in [6.07, 6.45) is 4.57. The van der Waals surface area contributed by atoms with Crippen molar-refractivity contribution in [2.45, 2.75) is 52.5 Å². The van der Waals surface area contributed by atoms with E-state index in [0.29, 0.717) is 17.7 Å². The molecule has 2 atom stereocenters. The van der Waals surface area contributed by atoms with Gasteiger partial charge < -0.3 is 4.90 Å². The second-order valence-corrected chi connectivity index (χ2v) is 6.83. The zero-order valence-electron chi connectivity index (χ0n) is 14.1. The topological polar surface area (TPSA) is 52.2 Å². The molecule has 1 N–H and O–H groups in total. The van der Waals surface area contributed by atoms with E-state index in [1.165, 1.54) is 19.3 Å². The first-order valence-corrected chi connectivity index (χ1v) is 8.71. The summed E-state index contributed by atoms with van der Waals surface area (Å²) in [6.45, 7) is 10.4. The van der Waals surface area contributed by atoms with Crippen molar-refractivity contribution in [3.63, 3.8) is 0 Å². The zero-order chi connectivity index (χ0) is 15.7. The van der Waals surface area contributed by atoms with E-state index in [1.807, 2.05) is 6.92 Å². The Morgan fingerprint density at radius 2 is 2.09 bits per heavy atom. The van der Waals surface area contributed by atoms with Crippen molar-refractivity contribution in [1.82, 2.24) is 20.0 Å². The van der Waals surface area contributed by atoms with Gasteiger partial charge in [0.05, 0.1) is 0 Å². The molecule has 0 aliphatic carbocycles. The van der Waals surface area contributed by atoms with Crippen LogP contribution in [-0.2, 0) is 6.42 Å². The highest BCUT2D eigenvalue weighted by molar-refractivity contribution is 5.94. The smallest absolute Gasteiger partial charge is 0.274 e. The molecule has 5 nitrogen and oxygen atoms in total. The molecular weight excluding hydrogens is 276 g/mol. The Morgan fingerprint density at radius 3 is 2.77 bits per heavy atom. The van der Waals surface area contributed by atoms with E-state index in [4.69, 9.17) is 0 Å². The van der Waals surface area contributed by atoms with Crippen LogP contribution in [0.25, 0.3) is 0 Å². The highest BCUT2D eigenvalue weighted by atomic mass is 16.2. The third-order valence-electron chi connectivity index (χ3n) is 5.29. The number of carbonyl (C=O) groups is 1.